The van der Waals surface area contributed by atoms with Crippen molar-refractivity contribution < 1.29 is 14.4 Å². The Kier molecular flexibility index (Phi) is 9.36. The zero-order valence-electron chi connectivity index (χ0n) is 16.1. The number of likely N-dealkylation sites (N-methyl/N-ethyl adjacent to an activating group) is 1. The van der Waals surface area contributed by atoms with Crippen LogP contribution < -0.4 is 16.0 Å². The number of hydrogen-bond donors (Lipinski definition) is 3. The van der Waals surface area contributed by atoms with Crippen molar-refractivity contribution in [2.75, 3.05) is 30.3 Å². The monoisotopic (exact) mass is 362 g/mol. The van der Waals surface area contributed by atoms with Crippen LogP contribution in [0.4, 0.5) is 11.4 Å². The first-order valence-electron chi connectivity index (χ1n) is 9.03. The molecule has 3 amide bonds. The summed E-state index contributed by atoms with van der Waals surface area (Å²) in [5.74, 6) is -0.402. The van der Waals surface area contributed by atoms with Crippen molar-refractivity contribution >= 4 is 29.1 Å². The maximum Gasteiger partial charge on any atom is 0.238 e. The lowest BCUT2D eigenvalue weighted by atomic mass is 10.2. The highest BCUT2D eigenvalue weighted by molar-refractivity contribution is 5.93. The van der Waals surface area contributed by atoms with Gasteiger partial charge in [-0.15, -0.1) is 0 Å². The van der Waals surface area contributed by atoms with Gasteiger partial charge in [0.15, 0.2) is 0 Å². The Morgan fingerprint density at radius 1 is 0.962 bits per heavy atom. The summed E-state index contributed by atoms with van der Waals surface area (Å²) in [6, 6.07) is 7.02. The van der Waals surface area contributed by atoms with Gasteiger partial charge >= 0.3 is 0 Å². The second-order valence-electron chi connectivity index (χ2n) is 6.37. The van der Waals surface area contributed by atoms with Crippen molar-refractivity contribution in [1.82, 2.24) is 10.2 Å². The molecule has 0 aliphatic rings. The molecule has 0 fully saturated rings. The average molecular weight is 362 g/mol. The lowest BCUT2D eigenvalue weighted by molar-refractivity contribution is -0.124. The predicted octanol–water partition coefficient (Wildman–Crippen LogP) is 2.21. The molecule has 0 saturated carbocycles. The fourth-order valence-corrected chi connectivity index (χ4v) is 2.55. The molecule has 0 aliphatic heterocycles. The maximum absolute atomic E-state index is 12.2. The number of anilines is 2. The topological polar surface area (TPSA) is 90.5 Å². The van der Waals surface area contributed by atoms with Crippen LogP contribution in [0, 0.1) is 0 Å². The molecule has 0 aliphatic carbocycles. The summed E-state index contributed by atoms with van der Waals surface area (Å²) in [6.07, 6.45) is 1.95. The summed E-state index contributed by atoms with van der Waals surface area (Å²) in [4.78, 5) is 37.0. The van der Waals surface area contributed by atoms with Crippen LogP contribution in [0.25, 0.3) is 0 Å². The van der Waals surface area contributed by atoms with E-state index in [1.807, 2.05) is 13.8 Å². The largest absolute Gasteiger partial charge is 0.353 e. The minimum atomic E-state index is -0.187. The summed E-state index contributed by atoms with van der Waals surface area (Å²) < 4.78 is 0. The SMILES string of the molecule is CCCC(C)NC(=O)CN(CC)CC(=O)Nc1ccc(NC(C)=O)cc1. The molecule has 26 heavy (non-hydrogen) atoms. The lowest BCUT2D eigenvalue weighted by Gasteiger charge is -2.21. The first-order valence-corrected chi connectivity index (χ1v) is 9.03. The summed E-state index contributed by atoms with van der Waals surface area (Å²) in [5.41, 5.74) is 1.31. The zero-order valence-corrected chi connectivity index (χ0v) is 16.1. The highest BCUT2D eigenvalue weighted by atomic mass is 16.2. The van der Waals surface area contributed by atoms with E-state index < -0.39 is 0 Å². The van der Waals surface area contributed by atoms with Gasteiger partial charge < -0.3 is 16.0 Å². The van der Waals surface area contributed by atoms with Crippen LogP contribution in [-0.4, -0.2) is 48.3 Å². The standard InChI is InChI=1S/C19H30N4O3/c1-5-7-14(3)20-18(25)12-23(6-2)13-19(26)22-17-10-8-16(9-11-17)21-15(4)24/h8-11,14H,5-7,12-13H2,1-4H3,(H,20,25)(H,21,24)(H,22,26). The summed E-state index contributed by atoms with van der Waals surface area (Å²) in [7, 11) is 0. The smallest absolute Gasteiger partial charge is 0.238 e. The van der Waals surface area contributed by atoms with Crippen LogP contribution in [0.3, 0.4) is 0 Å². The van der Waals surface area contributed by atoms with Crippen molar-refractivity contribution in [3.63, 3.8) is 0 Å². The Bertz CT molecular complexity index is 601. The fourth-order valence-electron chi connectivity index (χ4n) is 2.55. The maximum atomic E-state index is 12.2. The van der Waals surface area contributed by atoms with Crippen LogP contribution in [0.15, 0.2) is 24.3 Å². The molecule has 1 atom stereocenters. The number of rotatable bonds is 10. The van der Waals surface area contributed by atoms with Crippen molar-refractivity contribution in [1.29, 1.82) is 0 Å². The van der Waals surface area contributed by atoms with Crippen molar-refractivity contribution in [3.05, 3.63) is 24.3 Å². The molecule has 1 unspecified atom stereocenters. The molecule has 0 aromatic heterocycles. The van der Waals surface area contributed by atoms with Crippen LogP contribution in [0.5, 0.6) is 0 Å². The Hall–Kier alpha value is -2.41. The number of carbonyl (C=O) groups is 3. The molecule has 0 heterocycles. The summed E-state index contributed by atoms with van der Waals surface area (Å²) >= 11 is 0. The summed E-state index contributed by atoms with van der Waals surface area (Å²) in [5, 5.41) is 8.41. The van der Waals surface area contributed by atoms with E-state index in [2.05, 4.69) is 22.9 Å². The average Bonchev–Trinajstić information content (AvgIpc) is 2.55. The third-order valence-electron chi connectivity index (χ3n) is 3.80. The Labute approximate surface area is 155 Å². The molecule has 0 saturated heterocycles. The van der Waals surface area contributed by atoms with E-state index >= 15 is 0 Å². The van der Waals surface area contributed by atoms with Crippen LogP contribution in [0.2, 0.25) is 0 Å². The van der Waals surface area contributed by atoms with Gasteiger partial charge in [-0.3, -0.25) is 19.3 Å². The van der Waals surface area contributed by atoms with Crippen LogP contribution >= 0.6 is 0 Å². The van der Waals surface area contributed by atoms with E-state index in [0.29, 0.717) is 17.9 Å². The minimum absolute atomic E-state index is 0.0692. The molecule has 3 N–H and O–H groups in total. The highest BCUT2D eigenvalue weighted by Gasteiger charge is 2.14. The van der Waals surface area contributed by atoms with E-state index in [-0.39, 0.29) is 36.9 Å². The molecule has 0 radical (unpaired) electrons. The quantitative estimate of drug-likeness (QED) is 0.595. The molecule has 1 aromatic carbocycles. The molecule has 7 heteroatoms. The highest BCUT2D eigenvalue weighted by Crippen LogP contribution is 2.13. The van der Waals surface area contributed by atoms with E-state index in [9.17, 15) is 14.4 Å². The van der Waals surface area contributed by atoms with Gasteiger partial charge in [0.1, 0.15) is 0 Å². The molecular formula is C19H30N4O3. The number of hydrogen-bond acceptors (Lipinski definition) is 4. The van der Waals surface area contributed by atoms with Gasteiger partial charge in [0.2, 0.25) is 17.7 Å². The molecule has 1 aromatic rings. The molecule has 144 valence electrons. The number of amides is 3. The molecule has 7 nitrogen and oxygen atoms in total. The fraction of sp³-hybridized carbons (Fsp3) is 0.526. The van der Waals surface area contributed by atoms with Gasteiger partial charge in [-0.25, -0.2) is 0 Å². The molecule has 0 bridgehead atoms. The lowest BCUT2D eigenvalue weighted by Crippen LogP contribution is -2.43. The Balaban J connectivity index is 2.48. The van der Waals surface area contributed by atoms with Gasteiger partial charge in [-0.05, 0) is 44.2 Å². The van der Waals surface area contributed by atoms with E-state index in [0.717, 1.165) is 12.8 Å². The minimum Gasteiger partial charge on any atom is -0.353 e. The van der Waals surface area contributed by atoms with Gasteiger partial charge in [0, 0.05) is 24.3 Å². The zero-order chi connectivity index (χ0) is 19.5. The van der Waals surface area contributed by atoms with Crippen molar-refractivity contribution in [3.8, 4) is 0 Å². The molecule has 1 rings (SSSR count). The number of nitrogens with zero attached hydrogens (tertiary/aromatic N) is 1. The van der Waals surface area contributed by atoms with E-state index in [1.54, 1.807) is 29.2 Å². The van der Waals surface area contributed by atoms with Crippen LogP contribution in [0.1, 0.15) is 40.5 Å². The number of benzene rings is 1. The van der Waals surface area contributed by atoms with E-state index in [4.69, 9.17) is 0 Å². The third kappa shape index (κ3) is 8.62. The summed E-state index contributed by atoms with van der Waals surface area (Å²) in [6.45, 7) is 8.35. The third-order valence-corrected chi connectivity index (χ3v) is 3.80. The van der Waals surface area contributed by atoms with E-state index in [1.165, 1.54) is 6.92 Å². The second-order valence-corrected chi connectivity index (χ2v) is 6.37. The predicted molar refractivity (Wildman–Crippen MR) is 104 cm³/mol. The van der Waals surface area contributed by atoms with Crippen LogP contribution in [-0.2, 0) is 14.4 Å². The van der Waals surface area contributed by atoms with Crippen molar-refractivity contribution in [2.24, 2.45) is 0 Å². The Morgan fingerprint density at radius 2 is 1.50 bits per heavy atom. The second kappa shape index (κ2) is 11.3. The number of nitrogens with one attached hydrogen (secondary N) is 3. The number of carbonyl (C=O) groups excluding carboxylic acids is 3. The Morgan fingerprint density at radius 3 is 2.00 bits per heavy atom. The van der Waals surface area contributed by atoms with Crippen molar-refractivity contribution in [2.45, 2.75) is 46.6 Å². The van der Waals surface area contributed by atoms with Gasteiger partial charge in [-0.1, -0.05) is 20.3 Å². The van der Waals surface area contributed by atoms with Gasteiger partial charge in [-0.2, -0.15) is 0 Å². The first-order chi connectivity index (χ1) is 12.3. The molecule has 0 spiro atoms. The normalized spacial score (nSPS) is 11.7. The molecular weight excluding hydrogens is 332 g/mol. The first kappa shape index (κ1) is 21.6. The van der Waals surface area contributed by atoms with Gasteiger partial charge in [0.05, 0.1) is 13.1 Å². The van der Waals surface area contributed by atoms with Gasteiger partial charge in [0.25, 0.3) is 0 Å².